The molecule has 0 saturated carbocycles. The normalized spacial score (nSPS) is 11.0. The highest BCUT2D eigenvalue weighted by Crippen LogP contribution is 2.20. The van der Waals surface area contributed by atoms with Gasteiger partial charge in [-0.3, -0.25) is 9.20 Å². The minimum absolute atomic E-state index is 0.487. The number of ether oxygens (including phenoxy) is 1. The summed E-state index contributed by atoms with van der Waals surface area (Å²) in [5.41, 5.74) is 0.487. The number of carbonyl (C=O) groups is 1. The first-order chi connectivity index (χ1) is 9.33. The first-order valence-corrected chi connectivity index (χ1v) is 6.80. The van der Waals surface area contributed by atoms with E-state index in [-0.39, 0.29) is 0 Å². The number of thiazole rings is 1. The van der Waals surface area contributed by atoms with Crippen LogP contribution in [0.5, 0.6) is 5.75 Å². The number of imidazole rings is 1. The lowest BCUT2D eigenvalue weighted by atomic mass is 10.4. The molecule has 0 saturated heterocycles. The maximum Gasteiger partial charge on any atom is 0.196 e. The quantitative estimate of drug-likeness (QED) is 0.670. The molecule has 0 amide bonds. The molecular weight excluding hydrogens is 264 g/mol. The van der Waals surface area contributed by atoms with E-state index in [9.17, 15) is 4.79 Å². The summed E-state index contributed by atoms with van der Waals surface area (Å²) in [5, 5.41) is 6.07. The molecule has 0 aliphatic carbocycles. The van der Waals surface area contributed by atoms with Crippen LogP contribution in [0.3, 0.4) is 0 Å². The Labute approximate surface area is 113 Å². The number of nitrogens with zero attached hydrogens (tertiary/aromatic N) is 4. The zero-order valence-electron chi connectivity index (χ0n) is 10.3. The summed E-state index contributed by atoms with van der Waals surface area (Å²) in [7, 11) is 0. The number of hydrogen-bond acceptors (Lipinski definition) is 5. The number of hydrogen-bond donors (Lipinski definition) is 0. The van der Waals surface area contributed by atoms with Gasteiger partial charge < -0.3 is 4.74 Å². The van der Waals surface area contributed by atoms with Crippen LogP contribution in [0.15, 0.2) is 24.0 Å². The Morgan fingerprint density at radius 2 is 2.42 bits per heavy atom. The Morgan fingerprint density at radius 3 is 3.21 bits per heavy atom. The lowest BCUT2D eigenvalue weighted by Gasteiger charge is -1.99. The van der Waals surface area contributed by atoms with Crippen molar-refractivity contribution in [2.24, 2.45) is 0 Å². The molecule has 0 aliphatic heterocycles. The third-order valence-corrected chi connectivity index (χ3v) is 3.40. The highest BCUT2D eigenvalue weighted by atomic mass is 32.1. The van der Waals surface area contributed by atoms with Crippen LogP contribution >= 0.6 is 11.3 Å². The van der Waals surface area contributed by atoms with Gasteiger partial charge >= 0.3 is 0 Å². The Morgan fingerprint density at radius 1 is 1.53 bits per heavy atom. The average Bonchev–Trinajstić information content (AvgIpc) is 3.10. The van der Waals surface area contributed by atoms with Crippen LogP contribution in [-0.2, 0) is 0 Å². The molecule has 6 nitrogen and oxygen atoms in total. The van der Waals surface area contributed by atoms with Crippen LogP contribution < -0.4 is 4.74 Å². The van der Waals surface area contributed by atoms with Gasteiger partial charge in [-0.1, -0.05) is 6.92 Å². The molecular formula is C12H12N4O2S. The summed E-state index contributed by atoms with van der Waals surface area (Å²) in [5.74, 6) is 1.20. The molecule has 0 fully saturated rings. The molecule has 19 heavy (non-hydrogen) atoms. The molecule has 0 aromatic carbocycles. The number of fused-ring (bicyclic) bond motifs is 1. The van der Waals surface area contributed by atoms with Gasteiger partial charge in [0.1, 0.15) is 5.69 Å². The van der Waals surface area contributed by atoms with Crippen LogP contribution in [0, 0.1) is 0 Å². The van der Waals surface area contributed by atoms with E-state index >= 15 is 0 Å². The van der Waals surface area contributed by atoms with Crippen molar-refractivity contribution in [1.82, 2.24) is 19.2 Å². The van der Waals surface area contributed by atoms with Gasteiger partial charge in [-0.2, -0.15) is 10.1 Å². The topological polar surface area (TPSA) is 61.4 Å². The van der Waals surface area contributed by atoms with E-state index in [1.54, 1.807) is 21.5 Å². The van der Waals surface area contributed by atoms with Gasteiger partial charge in [0.15, 0.2) is 22.8 Å². The number of aromatic nitrogens is 4. The second-order valence-electron chi connectivity index (χ2n) is 3.96. The van der Waals surface area contributed by atoms with Crippen LogP contribution in [0.25, 0.3) is 10.8 Å². The second-order valence-corrected chi connectivity index (χ2v) is 4.84. The predicted octanol–water partition coefficient (Wildman–Crippen LogP) is 2.18. The molecule has 0 spiro atoms. The summed E-state index contributed by atoms with van der Waals surface area (Å²) in [4.78, 5) is 16.4. The Kier molecular flexibility index (Phi) is 3.04. The highest BCUT2D eigenvalue weighted by Gasteiger charge is 2.15. The van der Waals surface area contributed by atoms with E-state index in [1.165, 1.54) is 11.3 Å². The lowest BCUT2D eigenvalue weighted by Crippen LogP contribution is -2.00. The van der Waals surface area contributed by atoms with Crippen LogP contribution in [0.1, 0.15) is 23.8 Å². The third kappa shape index (κ3) is 2.01. The smallest absolute Gasteiger partial charge is 0.196 e. The number of aldehydes is 1. The monoisotopic (exact) mass is 276 g/mol. The van der Waals surface area contributed by atoms with Gasteiger partial charge in [0.2, 0.25) is 0 Å². The summed E-state index contributed by atoms with van der Waals surface area (Å²) < 4.78 is 8.80. The first kappa shape index (κ1) is 11.9. The summed E-state index contributed by atoms with van der Waals surface area (Å²) in [6, 6.07) is 0. The van der Waals surface area contributed by atoms with Gasteiger partial charge in [-0.15, -0.1) is 11.3 Å². The van der Waals surface area contributed by atoms with E-state index in [0.29, 0.717) is 23.9 Å². The van der Waals surface area contributed by atoms with E-state index in [4.69, 9.17) is 4.74 Å². The van der Waals surface area contributed by atoms with Gasteiger partial charge in [0.25, 0.3) is 0 Å². The second kappa shape index (κ2) is 4.85. The minimum Gasteiger partial charge on any atom is -0.490 e. The summed E-state index contributed by atoms with van der Waals surface area (Å²) in [6.07, 6.45) is 6.90. The molecule has 3 rings (SSSR count). The van der Waals surface area contributed by atoms with Crippen molar-refractivity contribution in [3.63, 3.8) is 0 Å². The SMILES string of the molecule is CCCOc1cnn(-c2nc3sccn3c2C=O)c1. The molecule has 0 bridgehead atoms. The molecule has 98 valence electrons. The predicted molar refractivity (Wildman–Crippen MR) is 71.4 cm³/mol. The molecule has 3 heterocycles. The fourth-order valence-corrected chi connectivity index (χ4v) is 2.50. The zero-order chi connectivity index (χ0) is 13.2. The highest BCUT2D eigenvalue weighted by molar-refractivity contribution is 7.15. The van der Waals surface area contributed by atoms with E-state index in [0.717, 1.165) is 17.7 Å². The number of rotatable bonds is 5. The van der Waals surface area contributed by atoms with E-state index < -0.39 is 0 Å². The van der Waals surface area contributed by atoms with Gasteiger partial charge in [-0.25, -0.2) is 4.68 Å². The standard InChI is InChI=1S/C12H12N4O2S/c1-2-4-18-9-6-13-16(7-9)11-10(8-17)15-3-5-19-12(15)14-11/h3,5-8H,2,4H2,1H3. The van der Waals surface area contributed by atoms with Crippen molar-refractivity contribution in [1.29, 1.82) is 0 Å². The van der Waals surface area contributed by atoms with Gasteiger partial charge in [0, 0.05) is 11.6 Å². The van der Waals surface area contributed by atoms with E-state index in [2.05, 4.69) is 10.1 Å². The molecule has 3 aromatic heterocycles. The van der Waals surface area contributed by atoms with Crippen molar-refractivity contribution in [3.8, 4) is 11.6 Å². The Bertz CT molecular complexity index is 712. The molecule has 0 unspecified atom stereocenters. The maximum absolute atomic E-state index is 11.2. The first-order valence-electron chi connectivity index (χ1n) is 5.92. The molecule has 0 aliphatic rings. The lowest BCUT2D eigenvalue weighted by molar-refractivity contribution is 0.111. The van der Waals surface area contributed by atoms with Crippen LogP contribution in [-0.4, -0.2) is 32.1 Å². The minimum atomic E-state index is 0.487. The molecule has 0 atom stereocenters. The molecule has 0 radical (unpaired) electrons. The molecule has 3 aromatic rings. The van der Waals surface area contributed by atoms with Crippen LogP contribution in [0.2, 0.25) is 0 Å². The largest absolute Gasteiger partial charge is 0.490 e. The van der Waals surface area contributed by atoms with Crippen molar-refractivity contribution >= 4 is 22.6 Å². The molecule has 7 heteroatoms. The third-order valence-electron chi connectivity index (χ3n) is 2.64. The van der Waals surface area contributed by atoms with Crippen molar-refractivity contribution < 1.29 is 9.53 Å². The number of carbonyl (C=O) groups excluding carboxylic acids is 1. The average molecular weight is 276 g/mol. The van der Waals surface area contributed by atoms with Crippen molar-refractivity contribution in [2.75, 3.05) is 6.61 Å². The van der Waals surface area contributed by atoms with E-state index in [1.807, 2.05) is 18.5 Å². The van der Waals surface area contributed by atoms with Crippen LogP contribution in [0.4, 0.5) is 0 Å². The zero-order valence-corrected chi connectivity index (χ0v) is 11.1. The van der Waals surface area contributed by atoms with Crippen molar-refractivity contribution in [3.05, 3.63) is 29.7 Å². The van der Waals surface area contributed by atoms with Crippen molar-refractivity contribution in [2.45, 2.75) is 13.3 Å². The Balaban J connectivity index is 2.01. The molecule has 0 N–H and O–H groups in total. The fraction of sp³-hybridized carbons (Fsp3) is 0.250. The Hall–Kier alpha value is -2.15. The fourth-order valence-electron chi connectivity index (χ4n) is 1.79. The maximum atomic E-state index is 11.2. The summed E-state index contributed by atoms with van der Waals surface area (Å²) in [6.45, 7) is 2.68. The van der Waals surface area contributed by atoms with Gasteiger partial charge in [-0.05, 0) is 6.42 Å². The van der Waals surface area contributed by atoms with Gasteiger partial charge in [0.05, 0.1) is 19.0 Å². The summed E-state index contributed by atoms with van der Waals surface area (Å²) >= 11 is 1.47.